The van der Waals surface area contributed by atoms with Gasteiger partial charge in [-0.2, -0.15) is 0 Å². The molecule has 154 valence electrons. The van der Waals surface area contributed by atoms with E-state index in [9.17, 15) is 14.4 Å². The molecule has 2 N–H and O–H groups in total. The summed E-state index contributed by atoms with van der Waals surface area (Å²) < 4.78 is 5.10. The molecule has 1 saturated heterocycles. The van der Waals surface area contributed by atoms with Crippen molar-refractivity contribution in [3.63, 3.8) is 0 Å². The van der Waals surface area contributed by atoms with Crippen LogP contribution < -0.4 is 10.6 Å². The fourth-order valence-corrected chi connectivity index (χ4v) is 3.47. The average molecular weight is 397 g/mol. The van der Waals surface area contributed by atoms with Gasteiger partial charge in [0.25, 0.3) is 11.8 Å². The lowest BCUT2D eigenvalue weighted by Crippen LogP contribution is -2.48. The van der Waals surface area contributed by atoms with Crippen molar-refractivity contribution in [2.45, 2.75) is 45.1 Å². The first-order valence-corrected chi connectivity index (χ1v) is 10.1. The number of amides is 3. The van der Waals surface area contributed by atoms with Gasteiger partial charge >= 0.3 is 0 Å². The van der Waals surface area contributed by atoms with Crippen molar-refractivity contribution in [1.29, 1.82) is 0 Å². The summed E-state index contributed by atoms with van der Waals surface area (Å²) in [5.41, 5.74) is 0.665. The van der Waals surface area contributed by atoms with E-state index in [4.69, 9.17) is 4.42 Å². The molecule has 1 atom stereocenters. The lowest BCUT2D eigenvalue weighted by molar-refractivity contribution is -0.133. The van der Waals surface area contributed by atoms with Gasteiger partial charge in [-0.1, -0.05) is 31.9 Å². The predicted molar refractivity (Wildman–Crippen MR) is 110 cm³/mol. The lowest BCUT2D eigenvalue weighted by Gasteiger charge is -2.26. The number of anilines is 1. The Kier molecular flexibility index (Phi) is 7.05. The van der Waals surface area contributed by atoms with Crippen LogP contribution in [-0.4, -0.2) is 41.8 Å². The normalized spacial score (nSPS) is 15.3. The van der Waals surface area contributed by atoms with E-state index in [1.165, 1.54) is 6.26 Å². The molecule has 0 bridgehead atoms. The van der Waals surface area contributed by atoms with Gasteiger partial charge in [0.1, 0.15) is 6.04 Å². The molecule has 2 heterocycles. The fraction of sp³-hybridized carbons (Fsp3) is 0.409. The fourth-order valence-electron chi connectivity index (χ4n) is 3.47. The maximum atomic E-state index is 12.9. The zero-order valence-electron chi connectivity index (χ0n) is 16.6. The summed E-state index contributed by atoms with van der Waals surface area (Å²) in [6, 6.07) is 9.29. The molecule has 0 saturated carbocycles. The van der Waals surface area contributed by atoms with Crippen molar-refractivity contribution in [3.8, 4) is 0 Å². The van der Waals surface area contributed by atoms with Gasteiger partial charge in [0.15, 0.2) is 5.76 Å². The first-order valence-electron chi connectivity index (χ1n) is 10.1. The SMILES string of the molecule is CC[C@@H](NC(=O)c1ccccc1NC(=O)c1ccco1)C(=O)N1CCCCCC1. The second-order valence-corrected chi connectivity index (χ2v) is 7.15. The third kappa shape index (κ3) is 5.25. The molecule has 0 spiro atoms. The van der Waals surface area contributed by atoms with Crippen LogP contribution in [0.5, 0.6) is 0 Å². The standard InChI is InChI=1S/C22H27N3O4/c1-2-17(22(28)25-13-7-3-4-8-14-25)23-20(26)16-10-5-6-11-18(16)24-21(27)19-12-9-15-29-19/h5-6,9-12,15,17H,2-4,7-8,13-14H2,1H3,(H,23,26)(H,24,27)/t17-/m1/s1. The second kappa shape index (κ2) is 9.91. The van der Waals surface area contributed by atoms with Gasteiger partial charge < -0.3 is 20.0 Å². The van der Waals surface area contributed by atoms with Crippen LogP contribution in [0, 0.1) is 0 Å². The molecule has 0 radical (unpaired) electrons. The van der Waals surface area contributed by atoms with E-state index in [1.807, 2.05) is 11.8 Å². The molecule has 7 nitrogen and oxygen atoms in total. The highest BCUT2D eigenvalue weighted by molar-refractivity contribution is 6.08. The number of furan rings is 1. The molecule has 1 aliphatic rings. The number of nitrogens with zero attached hydrogens (tertiary/aromatic N) is 1. The number of carbonyl (C=O) groups is 3. The van der Waals surface area contributed by atoms with Crippen LogP contribution in [0.2, 0.25) is 0 Å². The van der Waals surface area contributed by atoms with Gasteiger partial charge in [0.2, 0.25) is 5.91 Å². The molecule has 0 unspecified atom stereocenters. The second-order valence-electron chi connectivity index (χ2n) is 7.15. The van der Waals surface area contributed by atoms with E-state index in [1.54, 1.807) is 36.4 Å². The maximum Gasteiger partial charge on any atom is 0.291 e. The Morgan fingerprint density at radius 1 is 1.00 bits per heavy atom. The minimum atomic E-state index is -0.588. The summed E-state index contributed by atoms with van der Waals surface area (Å²) in [7, 11) is 0. The zero-order chi connectivity index (χ0) is 20.6. The Balaban J connectivity index is 1.70. The van der Waals surface area contributed by atoms with E-state index < -0.39 is 17.9 Å². The molecular formula is C22H27N3O4. The first-order chi connectivity index (χ1) is 14.1. The summed E-state index contributed by atoms with van der Waals surface area (Å²) in [5.74, 6) is -0.721. The van der Waals surface area contributed by atoms with Gasteiger partial charge in [-0.15, -0.1) is 0 Å². The molecular weight excluding hydrogens is 370 g/mol. The lowest BCUT2D eigenvalue weighted by atomic mass is 10.1. The minimum absolute atomic E-state index is 0.0418. The molecule has 1 fully saturated rings. The number of likely N-dealkylation sites (tertiary alicyclic amines) is 1. The summed E-state index contributed by atoms with van der Waals surface area (Å²) in [6.07, 6.45) is 6.18. The minimum Gasteiger partial charge on any atom is -0.459 e. The molecule has 2 aromatic rings. The van der Waals surface area contributed by atoms with Gasteiger partial charge in [0, 0.05) is 13.1 Å². The summed E-state index contributed by atoms with van der Waals surface area (Å²) in [6.45, 7) is 3.35. The largest absolute Gasteiger partial charge is 0.459 e. The van der Waals surface area contributed by atoms with Crippen LogP contribution in [0.3, 0.4) is 0 Å². The van der Waals surface area contributed by atoms with Gasteiger partial charge in [-0.05, 0) is 43.5 Å². The topological polar surface area (TPSA) is 91.6 Å². The van der Waals surface area contributed by atoms with E-state index >= 15 is 0 Å². The summed E-state index contributed by atoms with van der Waals surface area (Å²) >= 11 is 0. The molecule has 3 amide bonds. The van der Waals surface area contributed by atoms with E-state index in [2.05, 4.69) is 10.6 Å². The number of hydrogen-bond donors (Lipinski definition) is 2. The van der Waals surface area contributed by atoms with Crippen molar-refractivity contribution < 1.29 is 18.8 Å². The van der Waals surface area contributed by atoms with Crippen LogP contribution in [0.15, 0.2) is 47.1 Å². The van der Waals surface area contributed by atoms with Gasteiger partial charge in [-0.3, -0.25) is 14.4 Å². The van der Waals surface area contributed by atoms with Crippen molar-refractivity contribution in [3.05, 3.63) is 54.0 Å². The summed E-state index contributed by atoms with van der Waals surface area (Å²) in [4.78, 5) is 39.9. The quantitative estimate of drug-likeness (QED) is 0.781. The molecule has 3 rings (SSSR count). The zero-order valence-corrected chi connectivity index (χ0v) is 16.6. The monoisotopic (exact) mass is 397 g/mol. The van der Waals surface area contributed by atoms with Crippen molar-refractivity contribution in [2.75, 3.05) is 18.4 Å². The van der Waals surface area contributed by atoms with Gasteiger partial charge in [-0.25, -0.2) is 0 Å². The average Bonchev–Trinajstić information content (AvgIpc) is 3.14. The number of nitrogens with one attached hydrogen (secondary N) is 2. The number of benzene rings is 1. The van der Waals surface area contributed by atoms with E-state index in [0.717, 1.165) is 38.8 Å². The Bertz CT molecular complexity index is 840. The number of rotatable bonds is 6. The Hall–Kier alpha value is -3.09. The first kappa shape index (κ1) is 20.6. The van der Waals surface area contributed by atoms with Gasteiger partial charge in [0.05, 0.1) is 17.5 Å². The Morgan fingerprint density at radius 2 is 1.72 bits per heavy atom. The predicted octanol–water partition coefficient (Wildman–Crippen LogP) is 3.44. The van der Waals surface area contributed by atoms with Crippen LogP contribution in [0.25, 0.3) is 0 Å². The van der Waals surface area contributed by atoms with Crippen LogP contribution in [0.4, 0.5) is 5.69 Å². The van der Waals surface area contributed by atoms with Crippen LogP contribution in [0.1, 0.15) is 59.9 Å². The van der Waals surface area contributed by atoms with E-state index in [-0.39, 0.29) is 11.7 Å². The molecule has 1 aromatic carbocycles. The molecule has 1 aromatic heterocycles. The molecule has 1 aliphatic heterocycles. The van der Waals surface area contributed by atoms with Crippen LogP contribution in [-0.2, 0) is 4.79 Å². The smallest absolute Gasteiger partial charge is 0.291 e. The van der Waals surface area contributed by atoms with Crippen molar-refractivity contribution in [1.82, 2.24) is 10.2 Å². The number of hydrogen-bond acceptors (Lipinski definition) is 4. The number of para-hydroxylation sites is 1. The maximum absolute atomic E-state index is 12.9. The number of carbonyl (C=O) groups excluding carboxylic acids is 3. The third-order valence-corrected chi connectivity index (χ3v) is 5.09. The molecule has 29 heavy (non-hydrogen) atoms. The summed E-state index contributed by atoms with van der Waals surface area (Å²) in [5, 5.41) is 5.54. The highest BCUT2D eigenvalue weighted by Gasteiger charge is 2.26. The van der Waals surface area contributed by atoms with Crippen LogP contribution >= 0.6 is 0 Å². The van der Waals surface area contributed by atoms with E-state index in [0.29, 0.717) is 17.7 Å². The molecule has 7 heteroatoms. The Labute approximate surface area is 170 Å². The highest BCUT2D eigenvalue weighted by atomic mass is 16.3. The third-order valence-electron chi connectivity index (χ3n) is 5.09. The highest BCUT2D eigenvalue weighted by Crippen LogP contribution is 2.18. The van der Waals surface area contributed by atoms with Crippen molar-refractivity contribution in [2.24, 2.45) is 0 Å². The molecule has 0 aliphatic carbocycles. The van der Waals surface area contributed by atoms with Crippen molar-refractivity contribution >= 4 is 23.4 Å². The Morgan fingerprint density at radius 3 is 2.38 bits per heavy atom.